The molecule has 0 heterocycles. The topological polar surface area (TPSA) is 237 Å². The summed E-state index contributed by atoms with van der Waals surface area (Å²) in [6.07, 6.45) is 47.1. The second-order valence-corrected chi connectivity index (χ2v) is 26.8. The minimum atomic E-state index is -4.94. The van der Waals surface area contributed by atoms with Crippen LogP contribution in [0.5, 0.6) is 0 Å². The highest BCUT2D eigenvalue weighted by molar-refractivity contribution is 7.47. The molecule has 0 bridgehead atoms. The van der Waals surface area contributed by atoms with E-state index in [4.69, 9.17) is 37.0 Å². The summed E-state index contributed by atoms with van der Waals surface area (Å²) in [4.78, 5) is 72.2. The van der Waals surface area contributed by atoms with Crippen LogP contribution in [0, 0.1) is 0 Å². The molecule has 0 aliphatic carbocycles. The molecule has 2 unspecified atom stereocenters. The van der Waals surface area contributed by atoms with Crippen molar-refractivity contribution in [1.82, 2.24) is 0 Å². The average molecular weight is 1260 g/mol. The Kier molecular flexibility index (Phi) is 59.6. The Labute approximate surface area is 517 Å². The number of rotatable bonds is 67. The number of aliphatic hydroxyl groups is 1. The molecule has 0 saturated heterocycles. The van der Waals surface area contributed by atoms with Gasteiger partial charge in [0, 0.05) is 25.7 Å². The van der Waals surface area contributed by atoms with Gasteiger partial charge < -0.3 is 33.8 Å². The Morgan fingerprint density at radius 3 is 0.694 bits per heavy atom. The number of esters is 4. The van der Waals surface area contributed by atoms with Gasteiger partial charge in [-0.3, -0.25) is 37.3 Å². The van der Waals surface area contributed by atoms with Crippen LogP contribution in [-0.2, 0) is 65.4 Å². The van der Waals surface area contributed by atoms with Crippen molar-refractivity contribution in [2.75, 3.05) is 39.6 Å². The Hall–Kier alpha value is -1.94. The monoisotopic (exact) mass is 1250 g/mol. The van der Waals surface area contributed by atoms with E-state index in [1.54, 1.807) is 0 Å². The lowest BCUT2D eigenvalue weighted by Gasteiger charge is -2.21. The summed E-state index contributed by atoms with van der Waals surface area (Å²) < 4.78 is 68.0. The molecular weight excluding hydrogens is 1130 g/mol. The van der Waals surface area contributed by atoms with E-state index in [1.807, 2.05) is 0 Å². The highest BCUT2D eigenvalue weighted by Gasteiger charge is 2.30. The molecule has 3 N–H and O–H groups in total. The van der Waals surface area contributed by atoms with Crippen LogP contribution in [0.25, 0.3) is 0 Å². The molecule has 5 atom stereocenters. The maximum absolute atomic E-state index is 13.0. The third-order valence-corrected chi connectivity index (χ3v) is 17.3. The van der Waals surface area contributed by atoms with E-state index in [-0.39, 0.29) is 25.7 Å². The maximum atomic E-state index is 13.0. The molecule has 0 spiro atoms. The predicted octanol–water partition coefficient (Wildman–Crippen LogP) is 18.7. The number of carbonyl (C=O) groups excluding carboxylic acids is 4. The van der Waals surface area contributed by atoms with Gasteiger partial charge in [0.15, 0.2) is 12.2 Å². The van der Waals surface area contributed by atoms with E-state index in [0.717, 1.165) is 103 Å². The molecule has 0 aromatic carbocycles. The van der Waals surface area contributed by atoms with Crippen LogP contribution in [0.3, 0.4) is 0 Å². The Balaban J connectivity index is 5.21. The number of phosphoric acid groups is 2. The summed E-state index contributed by atoms with van der Waals surface area (Å²) in [6, 6.07) is 0. The van der Waals surface area contributed by atoms with Gasteiger partial charge >= 0.3 is 39.5 Å². The van der Waals surface area contributed by atoms with E-state index in [9.17, 15) is 43.2 Å². The van der Waals surface area contributed by atoms with Gasteiger partial charge in [0.2, 0.25) is 0 Å². The van der Waals surface area contributed by atoms with Gasteiger partial charge in [0.1, 0.15) is 19.3 Å². The van der Waals surface area contributed by atoms with Crippen molar-refractivity contribution in [2.24, 2.45) is 0 Å². The van der Waals surface area contributed by atoms with Gasteiger partial charge in [-0.2, -0.15) is 0 Å². The fourth-order valence-corrected chi connectivity index (χ4v) is 11.6. The van der Waals surface area contributed by atoms with Crippen LogP contribution >= 0.6 is 15.6 Å². The zero-order valence-corrected chi connectivity index (χ0v) is 56.4. The summed E-state index contributed by atoms with van der Waals surface area (Å²) in [5, 5.41) is 10.5. The van der Waals surface area contributed by atoms with Crippen LogP contribution in [0.2, 0.25) is 0 Å². The number of ether oxygens (including phenoxy) is 4. The molecule has 0 aliphatic rings. The molecule has 0 radical (unpaired) electrons. The van der Waals surface area contributed by atoms with E-state index in [0.29, 0.717) is 25.7 Å². The second kappa shape index (κ2) is 60.9. The first-order valence-electron chi connectivity index (χ1n) is 34.8. The molecule has 0 aromatic heterocycles. The first kappa shape index (κ1) is 83.1. The SMILES string of the molecule is CCCCCCCCCCCCCCCCC(=O)O[C@H](COC(=O)CCCCCCCCCCCCCC)COP(=O)(O)OC[C@@H](O)COP(=O)(O)OC[C@@H](COC(=O)CCCCCCCCC)OC(=O)CCCCCCCCCCCCCC. The number of unbranched alkanes of at least 4 members (excludes halogenated alkanes) is 41. The fraction of sp³-hybridized carbons (Fsp3) is 0.939. The fourth-order valence-electron chi connectivity index (χ4n) is 9.99. The number of hydrogen-bond donors (Lipinski definition) is 3. The van der Waals surface area contributed by atoms with Crippen molar-refractivity contribution in [2.45, 2.75) is 361 Å². The summed E-state index contributed by atoms with van der Waals surface area (Å²) >= 11 is 0. The van der Waals surface area contributed by atoms with Crippen molar-refractivity contribution < 1.29 is 80.2 Å². The van der Waals surface area contributed by atoms with Gasteiger partial charge in [0.25, 0.3) is 0 Å². The van der Waals surface area contributed by atoms with Crippen LogP contribution in [0.1, 0.15) is 342 Å². The largest absolute Gasteiger partial charge is 0.472 e. The molecule has 17 nitrogen and oxygen atoms in total. The van der Waals surface area contributed by atoms with Gasteiger partial charge in [-0.1, -0.05) is 291 Å². The molecule has 0 amide bonds. The highest BCUT2D eigenvalue weighted by atomic mass is 31.2. The van der Waals surface area contributed by atoms with Gasteiger partial charge in [-0.25, -0.2) is 9.13 Å². The summed E-state index contributed by atoms with van der Waals surface area (Å²) in [7, 11) is -9.88. The first-order chi connectivity index (χ1) is 41.2. The van der Waals surface area contributed by atoms with Gasteiger partial charge in [-0.05, 0) is 25.7 Å². The van der Waals surface area contributed by atoms with Crippen molar-refractivity contribution >= 4 is 39.5 Å². The summed E-state index contributed by atoms with van der Waals surface area (Å²) in [6.45, 7) is 4.88. The Morgan fingerprint density at radius 2 is 0.471 bits per heavy atom. The van der Waals surface area contributed by atoms with Crippen molar-refractivity contribution in [3.05, 3.63) is 0 Å². The number of aliphatic hydroxyl groups excluding tert-OH is 1. The minimum absolute atomic E-state index is 0.107. The van der Waals surface area contributed by atoms with Crippen LogP contribution in [0.4, 0.5) is 0 Å². The van der Waals surface area contributed by atoms with Crippen LogP contribution in [0.15, 0.2) is 0 Å². The van der Waals surface area contributed by atoms with E-state index < -0.39 is 97.5 Å². The quantitative estimate of drug-likeness (QED) is 0.0222. The van der Waals surface area contributed by atoms with E-state index >= 15 is 0 Å². The molecule has 0 aromatic rings. The lowest BCUT2D eigenvalue weighted by atomic mass is 10.0. The number of hydrogen-bond acceptors (Lipinski definition) is 15. The number of phosphoric ester groups is 2. The first-order valence-corrected chi connectivity index (χ1v) is 37.8. The lowest BCUT2D eigenvalue weighted by molar-refractivity contribution is -0.161. The molecule has 0 rings (SSSR count). The zero-order valence-electron chi connectivity index (χ0n) is 54.6. The van der Waals surface area contributed by atoms with Crippen molar-refractivity contribution in [3.8, 4) is 0 Å². The standard InChI is InChI=1S/C66H128O17P2/c1-5-9-13-17-21-24-27-30-31-34-37-41-45-49-53-66(71)83-62(57-77-64(69)51-47-43-39-35-32-28-25-22-18-14-10-6-2)59-81-85(74,75)79-55-60(67)54-78-84(72,73)80-58-61(56-76-63(68)50-46-42-38-20-16-12-8-4)82-65(70)52-48-44-40-36-33-29-26-23-19-15-11-7-3/h60-62,67H,5-59H2,1-4H3,(H,72,73)(H,74,75)/t60-,61+,62+/m0/s1. The van der Waals surface area contributed by atoms with E-state index in [2.05, 4.69) is 27.7 Å². The van der Waals surface area contributed by atoms with E-state index in [1.165, 1.54) is 161 Å². The van der Waals surface area contributed by atoms with Gasteiger partial charge in [0.05, 0.1) is 26.4 Å². The third kappa shape index (κ3) is 60.7. The lowest BCUT2D eigenvalue weighted by Crippen LogP contribution is -2.30. The predicted molar refractivity (Wildman–Crippen MR) is 340 cm³/mol. The van der Waals surface area contributed by atoms with Crippen molar-refractivity contribution in [1.29, 1.82) is 0 Å². The molecule has 85 heavy (non-hydrogen) atoms. The summed E-state index contributed by atoms with van der Waals surface area (Å²) in [5.74, 6) is -2.13. The molecule has 0 aliphatic heterocycles. The van der Waals surface area contributed by atoms with Crippen LogP contribution in [-0.4, -0.2) is 96.7 Å². The molecular formula is C66H128O17P2. The number of carbonyl (C=O) groups is 4. The normalized spacial score (nSPS) is 14.1. The Bertz CT molecular complexity index is 1640. The molecule has 0 saturated carbocycles. The third-order valence-electron chi connectivity index (χ3n) is 15.4. The molecule has 504 valence electrons. The maximum Gasteiger partial charge on any atom is 0.472 e. The van der Waals surface area contributed by atoms with Crippen molar-refractivity contribution in [3.63, 3.8) is 0 Å². The van der Waals surface area contributed by atoms with Gasteiger partial charge in [-0.15, -0.1) is 0 Å². The highest BCUT2D eigenvalue weighted by Crippen LogP contribution is 2.45. The zero-order chi connectivity index (χ0) is 62.6. The van der Waals surface area contributed by atoms with Crippen LogP contribution < -0.4 is 0 Å². The Morgan fingerprint density at radius 1 is 0.282 bits per heavy atom. The molecule has 0 fully saturated rings. The second-order valence-electron chi connectivity index (χ2n) is 23.9. The summed E-state index contributed by atoms with van der Waals surface area (Å²) in [5.41, 5.74) is 0. The minimum Gasteiger partial charge on any atom is -0.462 e. The average Bonchev–Trinajstić information content (AvgIpc) is 3.62. The smallest absolute Gasteiger partial charge is 0.462 e. The molecule has 19 heteroatoms.